The van der Waals surface area contributed by atoms with E-state index in [0.29, 0.717) is 34.6 Å². The predicted molar refractivity (Wildman–Crippen MR) is 117 cm³/mol. The maximum absolute atomic E-state index is 14.3. The van der Waals surface area contributed by atoms with Gasteiger partial charge in [-0.1, -0.05) is 17.8 Å². The molecule has 0 unspecified atom stereocenters. The van der Waals surface area contributed by atoms with Crippen molar-refractivity contribution in [3.05, 3.63) is 72.5 Å². The van der Waals surface area contributed by atoms with E-state index in [9.17, 15) is 9.18 Å². The molecule has 0 aliphatic rings. The Balaban J connectivity index is 1.30. The summed E-state index contributed by atoms with van der Waals surface area (Å²) >= 11 is 1.28. The fourth-order valence-corrected chi connectivity index (χ4v) is 3.75. The summed E-state index contributed by atoms with van der Waals surface area (Å²) < 4.78 is 27.1. The van der Waals surface area contributed by atoms with E-state index in [-0.39, 0.29) is 24.0 Å². The Morgan fingerprint density at radius 3 is 2.88 bits per heavy atom. The van der Waals surface area contributed by atoms with Gasteiger partial charge in [0.15, 0.2) is 28.3 Å². The average molecular weight is 453 g/mol. The maximum Gasteiger partial charge on any atom is 0.230 e. The number of thioether (sulfide) groups is 1. The van der Waals surface area contributed by atoms with E-state index in [4.69, 9.17) is 9.15 Å². The lowest BCUT2D eigenvalue weighted by Gasteiger charge is -2.09. The summed E-state index contributed by atoms with van der Waals surface area (Å²) in [6, 6.07) is 11.5. The minimum Gasteiger partial charge on any atom is -0.461 e. The summed E-state index contributed by atoms with van der Waals surface area (Å²) in [6.07, 6.45) is 4.68. The van der Waals surface area contributed by atoms with E-state index in [1.807, 2.05) is 17.6 Å². The number of carbonyl (C=O) groups excluding carboxylic acids is 1. The lowest BCUT2D eigenvalue weighted by atomic mass is 10.2. The van der Waals surface area contributed by atoms with E-state index in [1.54, 1.807) is 36.7 Å². The fraction of sp³-hybridized carbons (Fsp3) is 0.182. The third kappa shape index (κ3) is 5.14. The highest BCUT2D eigenvalue weighted by molar-refractivity contribution is 7.99. The molecule has 1 amide bonds. The van der Waals surface area contributed by atoms with Crippen molar-refractivity contribution in [2.24, 2.45) is 0 Å². The van der Waals surface area contributed by atoms with Crippen LogP contribution >= 0.6 is 11.8 Å². The summed E-state index contributed by atoms with van der Waals surface area (Å²) in [7, 11) is 0. The molecule has 1 aromatic carbocycles. The Morgan fingerprint density at radius 2 is 2.16 bits per heavy atom. The highest BCUT2D eigenvalue weighted by atomic mass is 32.2. The molecule has 0 atom stereocenters. The number of furan rings is 1. The van der Waals surface area contributed by atoms with Crippen LogP contribution in [-0.4, -0.2) is 31.4 Å². The Labute approximate surface area is 187 Å². The Morgan fingerprint density at radius 1 is 1.25 bits per heavy atom. The average Bonchev–Trinajstić information content (AvgIpc) is 3.48. The molecule has 4 rings (SSSR count). The van der Waals surface area contributed by atoms with Crippen LogP contribution in [0.25, 0.3) is 11.6 Å². The topological polar surface area (TPSA) is 95.1 Å². The number of rotatable bonds is 9. The van der Waals surface area contributed by atoms with Gasteiger partial charge in [-0.3, -0.25) is 14.3 Å². The van der Waals surface area contributed by atoms with Crippen molar-refractivity contribution in [3.63, 3.8) is 0 Å². The van der Waals surface area contributed by atoms with Crippen molar-refractivity contribution in [2.75, 3.05) is 5.75 Å². The number of pyridine rings is 1. The van der Waals surface area contributed by atoms with Crippen LogP contribution in [0, 0.1) is 5.82 Å². The van der Waals surface area contributed by atoms with Crippen molar-refractivity contribution in [3.8, 4) is 23.1 Å². The first-order valence-corrected chi connectivity index (χ1v) is 10.9. The molecule has 0 aliphatic heterocycles. The number of amides is 1. The van der Waals surface area contributed by atoms with Gasteiger partial charge in [-0.15, -0.1) is 10.2 Å². The number of nitrogens with one attached hydrogen (secondary N) is 1. The molecule has 0 radical (unpaired) electrons. The first-order valence-electron chi connectivity index (χ1n) is 9.87. The standard InChI is InChI=1S/C22H20FN5O3S/c1-2-28-21(19-6-4-10-30-19)26-27-22(28)32-14-20(29)25-12-15-7-8-18(17(23)11-15)31-16-5-3-9-24-13-16/h3-11,13H,2,12,14H2,1H3,(H,25,29). The zero-order valence-corrected chi connectivity index (χ0v) is 18.0. The van der Waals surface area contributed by atoms with Gasteiger partial charge in [0.1, 0.15) is 5.75 Å². The third-order valence-corrected chi connectivity index (χ3v) is 5.42. The lowest BCUT2D eigenvalue weighted by Crippen LogP contribution is -2.24. The van der Waals surface area contributed by atoms with Crippen LogP contribution in [-0.2, 0) is 17.9 Å². The van der Waals surface area contributed by atoms with Crippen LogP contribution in [0.1, 0.15) is 12.5 Å². The number of halogens is 1. The second kappa shape index (κ2) is 10.1. The zero-order valence-electron chi connectivity index (χ0n) is 17.2. The van der Waals surface area contributed by atoms with E-state index in [2.05, 4.69) is 20.5 Å². The molecule has 3 heterocycles. The second-order valence-electron chi connectivity index (χ2n) is 6.65. The monoisotopic (exact) mass is 453 g/mol. The van der Waals surface area contributed by atoms with Crippen LogP contribution in [0.3, 0.4) is 0 Å². The molecule has 0 saturated heterocycles. The minimum atomic E-state index is -0.517. The van der Waals surface area contributed by atoms with Crippen molar-refractivity contribution >= 4 is 17.7 Å². The van der Waals surface area contributed by atoms with Gasteiger partial charge in [0.25, 0.3) is 0 Å². The molecule has 3 aromatic heterocycles. The summed E-state index contributed by atoms with van der Waals surface area (Å²) in [4.78, 5) is 16.2. The van der Waals surface area contributed by atoms with Crippen LogP contribution in [0.15, 0.2) is 70.7 Å². The summed E-state index contributed by atoms with van der Waals surface area (Å²) in [5, 5.41) is 11.7. The van der Waals surface area contributed by atoms with Crippen molar-refractivity contribution in [1.82, 2.24) is 25.1 Å². The number of hydrogen-bond donors (Lipinski definition) is 1. The number of aromatic nitrogens is 4. The second-order valence-corrected chi connectivity index (χ2v) is 7.59. The van der Waals surface area contributed by atoms with Gasteiger partial charge in [0.05, 0.1) is 18.2 Å². The van der Waals surface area contributed by atoms with Gasteiger partial charge in [-0.25, -0.2) is 4.39 Å². The van der Waals surface area contributed by atoms with Crippen LogP contribution in [0.4, 0.5) is 4.39 Å². The molecule has 8 nitrogen and oxygen atoms in total. The normalized spacial score (nSPS) is 10.8. The first-order chi connectivity index (χ1) is 15.6. The molecule has 164 valence electrons. The molecule has 0 fully saturated rings. The SMILES string of the molecule is CCn1c(SCC(=O)NCc2ccc(Oc3cccnc3)c(F)c2)nnc1-c1ccco1. The number of benzene rings is 1. The molecule has 1 N–H and O–H groups in total. The molecular weight excluding hydrogens is 433 g/mol. The predicted octanol–water partition coefficient (Wildman–Crippen LogP) is 4.29. The molecule has 0 saturated carbocycles. The van der Waals surface area contributed by atoms with Gasteiger partial charge >= 0.3 is 0 Å². The summed E-state index contributed by atoms with van der Waals surface area (Å²) in [6.45, 7) is 2.80. The number of ether oxygens (including phenoxy) is 1. The maximum atomic E-state index is 14.3. The molecule has 0 aliphatic carbocycles. The highest BCUT2D eigenvalue weighted by Gasteiger charge is 2.16. The molecule has 0 bridgehead atoms. The summed E-state index contributed by atoms with van der Waals surface area (Å²) in [5.41, 5.74) is 0.621. The highest BCUT2D eigenvalue weighted by Crippen LogP contribution is 2.25. The molecule has 32 heavy (non-hydrogen) atoms. The van der Waals surface area contributed by atoms with E-state index in [0.717, 1.165) is 0 Å². The first kappa shape index (κ1) is 21.6. The lowest BCUT2D eigenvalue weighted by molar-refractivity contribution is -0.118. The molecule has 0 spiro atoms. The van der Waals surface area contributed by atoms with Gasteiger partial charge in [0, 0.05) is 19.3 Å². The minimum absolute atomic E-state index is 0.0925. The Bertz CT molecular complexity index is 1180. The van der Waals surface area contributed by atoms with Crippen molar-refractivity contribution in [1.29, 1.82) is 0 Å². The van der Waals surface area contributed by atoms with Gasteiger partial charge in [0.2, 0.25) is 5.91 Å². The Hall–Kier alpha value is -3.66. The molecule has 4 aromatic rings. The van der Waals surface area contributed by atoms with Gasteiger partial charge in [-0.05, 0) is 48.9 Å². The quantitative estimate of drug-likeness (QED) is 0.378. The van der Waals surface area contributed by atoms with E-state index in [1.165, 1.54) is 30.1 Å². The molecular formula is C22H20FN5O3S. The number of carbonyl (C=O) groups is 1. The van der Waals surface area contributed by atoms with Crippen molar-refractivity contribution < 1.29 is 18.3 Å². The number of hydrogen-bond acceptors (Lipinski definition) is 7. The van der Waals surface area contributed by atoms with Crippen LogP contribution < -0.4 is 10.1 Å². The van der Waals surface area contributed by atoms with Gasteiger partial charge in [-0.2, -0.15) is 0 Å². The smallest absolute Gasteiger partial charge is 0.230 e. The fourth-order valence-electron chi connectivity index (χ4n) is 2.92. The third-order valence-electron chi connectivity index (χ3n) is 4.46. The van der Waals surface area contributed by atoms with Gasteiger partial charge < -0.3 is 14.5 Å². The van der Waals surface area contributed by atoms with E-state index >= 15 is 0 Å². The molecule has 10 heteroatoms. The zero-order chi connectivity index (χ0) is 22.3. The van der Waals surface area contributed by atoms with Crippen molar-refractivity contribution in [2.45, 2.75) is 25.2 Å². The Kier molecular flexibility index (Phi) is 6.81. The number of nitrogens with zero attached hydrogens (tertiary/aromatic N) is 4. The van der Waals surface area contributed by atoms with Crippen LogP contribution in [0.5, 0.6) is 11.5 Å². The summed E-state index contributed by atoms with van der Waals surface area (Å²) in [5.74, 6) is 1.21. The largest absolute Gasteiger partial charge is 0.461 e. The van der Waals surface area contributed by atoms with Crippen LogP contribution in [0.2, 0.25) is 0 Å². The van der Waals surface area contributed by atoms with E-state index < -0.39 is 5.82 Å².